The molecule has 0 N–H and O–H groups in total. The van der Waals surface area contributed by atoms with Crippen molar-refractivity contribution >= 4 is 29.1 Å². The molecule has 1 aliphatic heterocycles. The van der Waals surface area contributed by atoms with Gasteiger partial charge in [-0.15, -0.1) is 0 Å². The summed E-state index contributed by atoms with van der Waals surface area (Å²) in [6.07, 6.45) is 4.66. The highest BCUT2D eigenvalue weighted by Crippen LogP contribution is 2.35. The Morgan fingerprint density at radius 3 is 2.09 bits per heavy atom. The third-order valence-electron chi connectivity index (χ3n) is 3.99. The first-order valence-electron chi connectivity index (χ1n) is 7.70. The van der Waals surface area contributed by atoms with Gasteiger partial charge >= 0.3 is 0 Å². The van der Waals surface area contributed by atoms with Crippen molar-refractivity contribution in [2.24, 2.45) is 0 Å². The summed E-state index contributed by atoms with van der Waals surface area (Å²) in [6.45, 7) is 4.71. The second kappa shape index (κ2) is 6.60. The van der Waals surface area contributed by atoms with Crippen molar-refractivity contribution in [3.05, 3.63) is 22.9 Å². The van der Waals surface area contributed by atoms with Crippen LogP contribution in [0.2, 0.25) is 0 Å². The van der Waals surface area contributed by atoms with E-state index in [9.17, 15) is 9.59 Å². The van der Waals surface area contributed by atoms with Crippen LogP contribution in [-0.2, 0) is 9.59 Å². The molecule has 0 spiro atoms. The van der Waals surface area contributed by atoms with Gasteiger partial charge in [-0.2, -0.15) is 0 Å². The van der Waals surface area contributed by atoms with Crippen molar-refractivity contribution in [1.29, 1.82) is 0 Å². The maximum Gasteiger partial charge on any atom is 0.265 e. The maximum absolute atomic E-state index is 12.7. The van der Waals surface area contributed by atoms with Gasteiger partial charge in [-0.3, -0.25) is 19.4 Å². The van der Waals surface area contributed by atoms with E-state index in [-0.39, 0.29) is 11.8 Å². The summed E-state index contributed by atoms with van der Waals surface area (Å²) in [5.41, 5.74) is 2.28. The molecule has 0 aromatic heterocycles. The van der Waals surface area contributed by atoms with Gasteiger partial charge in [0.15, 0.2) is 5.11 Å². The van der Waals surface area contributed by atoms with E-state index >= 15 is 0 Å². The molecule has 0 atom stereocenters. The number of nitrogens with zero attached hydrogens (tertiary/aromatic N) is 3. The molecule has 1 heterocycles. The summed E-state index contributed by atoms with van der Waals surface area (Å²) in [4.78, 5) is 30.5. The molecule has 6 heteroatoms. The van der Waals surface area contributed by atoms with E-state index in [1.165, 1.54) is 9.80 Å². The smallest absolute Gasteiger partial charge is 0.265 e. The van der Waals surface area contributed by atoms with Crippen LogP contribution in [0.4, 0.5) is 0 Å². The summed E-state index contributed by atoms with van der Waals surface area (Å²) in [5.74, 6) is -0.493. The van der Waals surface area contributed by atoms with Gasteiger partial charge in [0.2, 0.25) is 0 Å². The summed E-state index contributed by atoms with van der Waals surface area (Å²) in [7, 11) is 3.90. The number of carbonyl (C=O) groups is 2. The molecule has 0 aromatic rings. The largest absolute Gasteiger partial charge is 0.383 e. The molecule has 2 amide bonds. The van der Waals surface area contributed by atoms with E-state index < -0.39 is 0 Å². The molecule has 2 aliphatic rings. The fourth-order valence-electron chi connectivity index (χ4n) is 3.00. The summed E-state index contributed by atoms with van der Waals surface area (Å²) in [6, 6.07) is 0. The molecule has 0 bridgehead atoms. The highest BCUT2D eigenvalue weighted by Gasteiger charge is 2.40. The van der Waals surface area contributed by atoms with E-state index in [1.54, 1.807) is 0 Å². The average molecular weight is 321 g/mol. The second-order valence-corrected chi connectivity index (χ2v) is 6.07. The maximum atomic E-state index is 12.7. The quantitative estimate of drug-likeness (QED) is 0.452. The molecule has 22 heavy (non-hydrogen) atoms. The molecule has 0 unspecified atom stereocenters. The van der Waals surface area contributed by atoms with E-state index in [0.717, 1.165) is 30.4 Å². The molecular formula is C16H23N3O2S. The Morgan fingerprint density at radius 1 is 1.09 bits per heavy atom. The van der Waals surface area contributed by atoms with Crippen molar-refractivity contribution in [3.8, 4) is 0 Å². The van der Waals surface area contributed by atoms with Crippen LogP contribution < -0.4 is 0 Å². The first-order chi connectivity index (χ1) is 10.4. The lowest BCUT2D eigenvalue weighted by Crippen LogP contribution is -2.56. The van der Waals surface area contributed by atoms with Gasteiger partial charge in [-0.1, -0.05) is 0 Å². The zero-order chi connectivity index (χ0) is 16.4. The number of carbonyl (C=O) groups excluding carboxylic acids is 2. The second-order valence-electron chi connectivity index (χ2n) is 5.71. The fourth-order valence-corrected chi connectivity index (χ4v) is 3.43. The van der Waals surface area contributed by atoms with Gasteiger partial charge in [0.05, 0.1) is 0 Å². The normalized spacial score (nSPS) is 21.5. The van der Waals surface area contributed by atoms with E-state index in [1.807, 2.05) is 39.0 Å². The Hall–Kier alpha value is -1.69. The highest BCUT2D eigenvalue weighted by molar-refractivity contribution is 7.80. The number of likely N-dealkylation sites (N-methyl/N-ethyl adjacent to an activating group) is 2. The molecule has 1 saturated carbocycles. The predicted octanol–water partition coefficient (Wildman–Crippen LogP) is 1.91. The Kier molecular flexibility index (Phi) is 5.01. The molecule has 2 rings (SSSR count). The Labute approximate surface area is 137 Å². The number of allylic oxidation sites excluding steroid dienone is 2. The minimum absolute atomic E-state index is 0.247. The Morgan fingerprint density at radius 2 is 1.64 bits per heavy atom. The Balaban J connectivity index is 2.55. The number of hydrogen-bond acceptors (Lipinski definition) is 4. The number of thiocarbonyl (C=S) groups is 1. The van der Waals surface area contributed by atoms with Gasteiger partial charge in [0, 0.05) is 33.4 Å². The number of hydrogen-bond donors (Lipinski definition) is 0. The molecular weight excluding hydrogens is 298 g/mol. The lowest BCUT2D eigenvalue weighted by molar-refractivity contribution is -0.133. The van der Waals surface area contributed by atoms with E-state index in [2.05, 4.69) is 0 Å². The van der Waals surface area contributed by atoms with Gasteiger partial charge in [-0.05, 0) is 56.5 Å². The molecule has 0 radical (unpaired) electrons. The number of amides is 2. The zero-order valence-corrected chi connectivity index (χ0v) is 14.5. The van der Waals surface area contributed by atoms with E-state index in [4.69, 9.17) is 12.2 Å². The van der Waals surface area contributed by atoms with Crippen LogP contribution in [0.3, 0.4) is 0 Å². The highest BCUT2D eigenvalue weighted by atomic mass is 32.1. The van der Waals surface area contributed by atoms with Gasteiger partial charge in [-0.25, -0.2) is 0 Å². The average Bonchev–Trinajstić information content (AvgIpc) is 2.87. The molecule has 0 aromatic carbocycles. The molecule has 5 nitrogen and oxygen atoms in total. The summed E-state index contributed by atoms with van der Waals surface area (Å²) >= 11 is 5.29. The minimum Gasteiger partial charge on any atom is -0.383 e. The van der Waals surface area contributed by atoms with Crippen LogP contribution >= 0.6 is 12.2 Å². The van der Waals surface area contributed by atoms with Crippen LogP contribution in [0.15, 0.2) is 22.9 Å². The summed E-state index contributed by atoms with van der Waals surface area (Å²) < 4.78 is 0. The fraction of sp³-hybridized carbons (Fsp3) is 0.562. The van der Waals surface area contributed by atoms with Gasteiger partial charge < -0.3 is 4.90 Å². The molecule has 2 fully saturated rings. The first kappa shape index (κ1) is 16.7. The third-order valence-corrected chi connectivity index (χ3v) is 4.43. The molecule has 120 valence electrons. The van der Waals surface area contributed by atoms with Gasteiger partial charge in [0.1, 0.15) is 5.57 Å². The third kappa shape index (κ3) is 2.79. The zero-order valence-electron chi connectivity index (χ0n) is 13.7. The monoisotopic (exact) mass is 321 g/mol. The lowest BCUT2D eigenvalue weighted by Gasteiger charge is -2.36. The van der Waals surface area contributed by atoms with Crippen molar-refractivity contribution in [3.63, 3.8) is 0 Å². The van der Waals surface area contributed by atoms with Crippen molar-refractivity contribution in [2.45, 2.75) is 33.1 Å². The van der Waals surface area contributed by atoms with Crippen LogP contribution in [0.25, 0.3) is 0 Å². The molecule has 1 saturated heterocycles. The lowest BCUT2D eigenvalue weighted by atomic mass is 9.99. The number of rotatable bonds is 3. The summed E-state index contributed by atoms with van der Waals surface area (Å²) in [5, 5.41) is 0.320. The molecule has 1 aliphatic carbocycles. The van der Waals surface area contributed by atoms with Crippen LogP contribution in [0.5, 0.6) is 0 Å². The topological polar surface area (TPSA) is 43.9 Å². The van der Waals surface area contributed by atoms with Crippen molar-refractivity contribution < 1.29 is 9.59 Å². The van der Waals surface area contributed by atoms with Crippen LogP contribution in [0, 0.1) is 0 Å². The van der Waals surface area contributed by atoms with Crippen LogP contribution in [-0.4, -0.2) is 58.8 Å². The standard InChI is InChI=1S/C16H23N3O2S/c1-5-18-14(20)13(15(21)19(6-2)16(18)22)12-9-7-8-11(12)10-17(3)4/h10H,5-9H2,1-4H3/b11-10+. The Bertz CT molecular complexity index is 550. The van der Waals surface area contributed by atoms with Gasteiger partial charge in [0.25, 0.3) is 11.8 Å². The van der Waals surface area contributed by atoms with Crippen molar-refractivity contribution in [1.82, 2.24) is 14.7 Å². The van der Waals surface area contributed by atoms with Crippen molar-refractivity contribution in [2.75, 3.05) is 27.2 Å². The van der Waals surface area contributed by atoms with Crippen LogP contribution in [0.1, 0.15) is 33.1 Å². The van der Waals surface area contributed by atoms with E-state index in [0.29, 0.717) is 23.8 Å². The minimum atomic E-state index is -0.247. The SMILES string of the molecule is CCN1C(=O)C(=C2CCC/C2=C\N(C)C)C(=O)N(CC)C1=S. The predicted molar refractivity (Wildman–Crippen MR) is 90.0 cm³/mol. The first-order valence-corrected chi connectivity index (χ1v) is 8.11.